The second-order valence-electron chi connectivity index (χ2n) is 7.72. The Bertz CT molecular complexity index is 778. The maximum atomic E-state index is 14.2. The van der Waals surface area contributed by atoms with Crippen LogP contribution < -0.4 is 0 Å². The molecule has 1 aliphatic rings. The third-order valence-corrected chi connectivity index (χ3v) is 5.77. The molecule has 0 heterocycles. The summed E-state index contributed by atoms with van der Waals surface area (Å²) < 4.78 is 28.4. The van der Waals surface area contributed by atoms with Crippen molar-refractivity contribution < 1.29 is 19.0 Å². The summed E-state index contributed by atoms with van der Waals surface area (Å²) >= 11 is 0. The lowest BCUT2D eigenvalue weighted by Crippen LogP contribution is -2.26. The Morgan fingerprint density at radius 3 is 1.71 bits per heavy atom. The highest BCUT2D eigenvalue weighted by Crippen LogP contribution is 2.41. The van der Waals surface area contributed by atoms with Crippen LogP contribution in [0.2, 0.25) is 0 Å². The maximum Gasteiger partial charge on any atom is 0.165 e. The highest BCUT2D eigenvalue weighted by Gasteiger charge is 2.32. The molecule has 0 fully saturated rings. The molecule has 2 aromatic rings. The van der Waals surface area contributed by atoms with Gasteiger partial charge in [-0.2, -0.15) is 0 Å². The molecule has 2 aromatic carbocycles. The summed E-state index contributed by atoms with van der Waals surface area (Å²) in [6.07, 6.45) is 13.7. The Kier molecular flexibility index (Phi) is 6.71. The monoisotopic (exact) mass is 386 g/mol. The quantitative estimate of drug-likeness (QED) is 0.561. The molecule has 2 nitrogen and oxygen atoms in total. The molecule has 3 rings (SSSR count). The number of benzene rings is 2. The van der Waals surface area contributed by atoms with Crippen LogP contribution in [0.25, 0.3) is 0 Å². The molecule has 28 heavy (non-hydrogen) atoms. The molecule has 1 aliphatic carbocycles. The van der Waals surface area contributed by atoms with Crippen molar-refractivity contribution >= 4 is 0 Å². The number of hydrogen-bond donors (Lipinski definition) is 2. The van der Waals surface area contributed by atoms with E-state index in [2.05, 4.69) is 12.2 Å². The fraction of sp³-hybridized carbons (Fsp3) is 0.417. The predicted molar refractivity (Wildman–Crippen MR) is 108 cm³/mol. The highest BCUT2D eigenvalue weighted by molar-refractivity contribution is 5.47. The largest absolute Gasteiger partial charge is 0.505 e. The second kappa shape index (κ2) is 9.22. The minimum Gasteiger partial charge on any atom is -0.505 e. The van der Waals surface area contributed by atoms with Gasteiger partial charge in [-0.05, 0) is 54.7 Å². The number of aromatic hydroxyl groups is 2. The van der Waals surface area contributed by atoms with E-state index >= 15 is 0 Å². The van der Waals surface area contributed by atoms with Crippen LogP contribution in [0.4, 0.5) is 8.78 Å². The van der Waals surface area contributed by atoms with E-state index in [-0.39, 0.29) is 0 Å². The third kappa shape index (κ3) is 4.54. The van der Waals surface area contributed by atoms with Crippen LogP contribution in [0.1, 0.15) is 68.9 Å². The minimum atomic E-state index is -0.706. The summed E-state index contributed by atoms with van der Waals surface area (Å²) in [5.41, 5.74) is 0.657. The Morgan fingerprint density at radius 2 is 1.18 bits per heavy atom. The van der Waals surface area contributed by atoms with Gasteiger partial charge >= 0.3 is 0 Å². The average molecular weight is 386 g/mol. The van der Waals surface area contributed by atoms with Crippen molar-refractivity contribution in [2.45, 2.75) is 63.2 Å². The first kappa shape index (κ1) is 20.4. The van der Waals surface area contributed by atoms with Crippen LogP contribution in [0.3, 0.4) is 0 Å². The molecule has 150 valence electrons. The molecule has 0 spiro atoms. The van der Waals surface area contributed by atoms with Gasteiger partial charge in [0.2, 0.25) is 0 Å². The second-order valence-corrected chi connectivity index (χ2v) is 7.72. The Balaban J connectivity index is 2.12. The first-order valence-electron chi connectivity index (χ1n) is 10.2. The van der Waals surface area contributed by atoms with Crippen molar-refractivity contribution in [3.63, 3.8) is 0 Å². The maximum absolute atomic E-state index is 14.2. The molecule has 0 bridgehead atoms. The SMILES string of the molecule is Oc1ccc(C2(c3ccc(O)c(F)c3)/C=C\CCCCCCCCC2)cc1F. The van der Waals surface area contributed by atoms with Gasteiger partial charge in [0.1, 0.15) is 0 Å². The number of halogens is 2. The number of hydrogen-bond acceptors (Lipinski definition) is 2. The molecule has 0 saturated carbocycles. The van der Waals surface area contributed by atoms with Crippen molar-refractivity contribution in [2.75, 3.05) is 0 Å². The van der Waals surface area contributed by atoms with Crippen LogP contribution in [-0.4, -0.2) is 10.2 Å². The molecule has 0 atom stereocenters. The molecule has 0 aromatic heterocycles. The summed E-state index contributed by atoms with van der Waals surface area (Å²) in [5.74, 6) is -2.16. The van der Waals surface area contributed by atoms with E-state index < -0.39 is 28.5 Å². The van der Waals surface area contributed by atoms with Gasteiger partial charge in [-0.3, -0.25) is 0 Å². The van der Waals surface area contributed by atoms with Crippen LogP contribution >= 0.6 is 0 Å². The third-order valence-electron chi connectivity index (χ3n) is 5.77. The molecule has 0 unspecified atom stereocenters. The van der Waals surface area contributed by atoms with Crippen LogP contribution in [0, 0.1) is 11.6 Å². The Labute approximate surface area is 165 Å². The average Bonchev–Trinajstić information content (AvgIpc) is 2.67. The summed E-state index contributed by atoms with van der Waals surface area (Å²) in [5, 5.41) is 19.3. The smallest absolute Gasteiger partial charge is 0.165 e. The van der Waals surface area contributed by atoms with Crippen LogP contribution in [-0.2, 0) is 5.41 Å². The van der Waals surface area contributed by atoms with E-state index in [1.807, 2.05) is 0 Å². The Hall–Kier alpha value is -2.36. The minimum absolute atomic E-state index is 0.395. The molecule has 4 heteroatoms. The van der Waals surface area contributed by atoms with Crippen molar-refractivity contribution in [2.24, 2.45) is 0 Å². The van der Waals surface area contributed by atoms with Gasteiger partial charge in [0.15, 0.2) is 23.1 Å². The fourth-order valence-electron chi connectivity index (χ4n) is 4.13. The van der Waals surface area contributed by atoms with E-state index in [9.17, 15) is 19.0 Å². The van der Waals surface area contributed by atoms with Crippen molar-refractivity contribution in [1.82, 2.24) is 0 Å². The number of phenolic OH excluding ortho intramolecular Hbond substituents is 2. The Morgan fingerprint density at radius 1 is 0.679 bits per heavy atom. The van der Waals surface area contributed by atoms with Gasteiger partial charge in [0.25, 0.3) is 0 Å². The molecule has 0 radical (unpaired) electrons. The zero-order chi connectivity index (χ0) is 20.0. The molecule has 2 N–H and O–H groups in total. The lowest BCUT2D eigenvalue weighted by molar-refractivity contribution is 0.426. The standard InChI is InChI=1S/C24H28F2O2/c25-20-16-18(10-12-22(20)27)24(19-11-13-23(28)21(26)17-19)14-8-6-4-2-1-3-5-7-9-15-24/h8,10-14,16-17,27-28H,1-7,9,15H2/b14-8-. The molecule has 0 saturated heterocycles. The zero-order valence-electron chi connectivity index (χ0n) is 16.1. The number of rotatable bonds is 2. The van der Waals surface area contributed by atoms with E-state index in [0.29, 0.717) is 17.5 Å². The number of phenols is 2. The van der Waals surface area contributed by atoms with Gasteiger partial charge < -0.3 is 10.2 Å². The predicted octanol–water partition coefficient (Wildman–Crippen LogP) is 6.74. The van der Waals surface area contributed by atoms with Crippen molar-refractivity contribution in [3.8, 4) is 11.5 Å². The zero-order valence-corrected chi connectivity index (χ0v) is 16.1. The van der Waals surface area contributed by atoms with Crippen molar-refractivity contribution in [1.29, 1.82) is 0 Å². The van der Waals surface area contributed by atoms with Gasteiger partial charge in [0, 0.05) is 5.41 Å². The molecular formula is C24H28F2O2. The van der Waals surface area contributed by atoms with Crippen molar-refractivity contribution in [3.05, 3.63) is 71.3 Å². The lowest BCUT2D eigenvalue weighted by atomic mass is 9.70. The van der Waals surface area contributed by atoms with Gasteiger partial charge in [0.05, 0.1) is 0 Å². The summed E-state index contributed by atoms with van der Waals surface area (Å²) in [4.78, 5) is 0. The van der Waals surface area contributed by atoms with E-state index in [1.54, 1.807) is 12.1 Å². The topological polar surface area (TPSA) is 40.5 Å². The van der Waals surface area contributed by atoms with Crippen LogP contribution in [0.15, 0.2) is 48.6 Å². The summed E-state index contributed by atoms with van der Waals surface area (Å²) in [6.45, 7) is 0. The van der Waals surface area contributed by atoms with E-state index in [4.69, 9.17) is 0 Å². The first-order chi connectivity index (χ1) is 13.5. The van der Waals surface area contributed by atoms with Gasteiger partial charge in [-0.1, -0.05) is 62.8 Å². The summed E-state index contributed by atoms with van der Waals surface area (Å²) in [6, 6.07) is 8.81. The molecule has 0 amide bonds. The molecule has 0 aliphatic heterocycles. The van der Waals surface area contributed by atoms with Gasteiger partial charge in [-0.15, -0.1) is 0 Å². The fourth-order valence-corrected chi connectivity index (χ4v) is 4.13. The van der Waals surface area contributed by atoms with E-state index in [1.165, 1.54) is 43.5 Å². The number of allylic oxidation sites excluding steroid dienone is 2. The van der Waals surface area contributed by atoms with Gasteiger partial charge in [-0.25, -0.2) is 8.78 Å². The summed E-state index contributed by atoms with van der Waals surface area (Å²) in [7, 11) is 0. The van der Waals surface area contributed by atoms with E-state index in [0.717, 1.165) is 32.1 Å². The lowest BCUT2D eigenvalue weighted by Gasteiger charge is -2.33. The highest BCUT2D eigenvalue weighted by atomic mass is 19.1. The molecular weight excluding hydrogens is 358 g/mol. The van der Waals surface area contributed by atoms with Crippen LogP contribution in [0.5, 0.6) is 11.5 Å². The normalized spacial score (nSPS) is 19.4. The first-order valence-corrected chi connectivity index (χ1v) is 10.2.